The lowest BCUT2D eigenvalue weighted by molar-refractivity contribution is -0.884. The summed E-state index contributed by atoms with van der Waals surface area (Å²) in [6, 6.07) is 3.36. The number of thiophene rings is 1. The van der Waals surface area contributed by atoms with Crippen molar-refractivity contribution < 1.29 is 18.1 Å². The molecule has 0 radical (unpaired) electrons. The number of nitrogens with one attached hydrogen (secondary N) is 2. The van der Waals surface area contributed by atoms with Gasteiger partial charge in [0.05, 0.1) is 39.1 Å². The van der Waals surface area contributed by atoms with Crippen LogP contribution in [0.15, 0.2) is 21.7 Å². The summed E-state index contributed by atoms with van der Waals surface area (Å²) in [5.74, 6) is -0.332. The second-order valence-corrected chi connectivity index (χ2v) is 9.67. The van der Waals surface area contributed by atoms with E-state index in [-0.39, 0.29) is 18.4 Å². The number of quaternary nitrogens is 1. The second-order valence-electron chi connectivity index (χ2n) is 6.55. The molecule has 7 nitrogen and oxygen atoms in total. The van der Waals surface area contributed by atoms with Gasteiger partial charge in [-0.3, -0.25) is 10.2 Å². The number of hydrogen-bond donors (Lipinski definition) is 2. The van der Waals surface area contributed by atoms with Crippen molar-refractivity contribution in [2.24, 2.45) is 5.92 Å². The monoisotopic (exact) mass is 373 g/mol. The molecule has 3 heterocycles. The zero-order valence-corrected chi connectivity index (χ0v) is 15.5. The Kier molecular flexibility index (Phi) is 5.56. The summed E-state index contributed by atoms with van der Waals surface area (Å²) in [6.45, 7) is 4.43. The van der Waals surface area contributed by atoms with E-state index in [4.69, 9.17) is 0 Å². The lowest BCUT2D eigenvalue weighted by atomic mass is 9.99. The molecule has 0 spiro atoms. The Morgan fingerprint density at radius 1 is 1.33 bits per heavy atom. The molecule has 0 aromatic carbocycles. The Bertz CT molecular complexity index is 654. The zero-order chi connectivity index (χ0) is 17.2. The molecule has 0 saturated carbocycles. The van der Waals surface area contributed by atoms with E-state index in [1.165, 1.54) is 20.5 Å². The molecule has 2 saturated heterocycles. The molecule has 0 unspecified atom stereocenters. The van der Waals surface area contributed by atoms with E-state index in [9.17, 15) is 13.2 Å². The fourth-order valence-corrected chi connectivity index (χ4v) is 5.83. The highest BCUT2D eigenvalue weighted by Gasteiger charge is 2.34. The van der Waals surface area contributed by atoms with Crippen LogP contribution < -0.4 is 10.3 Å². The fourth-order valence-electron chi connectivity index (χ4n) is 3.16. The number of carbonyl (C=O) groups is 1. The number of sulfonamides is 1. The van der Waals surface area contributed by atoms with Crippen molar-refractivity contribution in [2.45, 2.75) is 17.1 Å². The highest BCUT2D eigenvalue weighted by atomic mass is 32.2. The number of likely N-dealkylation sites (N-methyl/N-ethyl adjacent to an activating group) is 1. The van der Waals surface area contributed by atoms with E-state index in [1.807, 2.05) is 5.01 Å². The molecule has 9 heteroatoms. The predicted octanol–water partition coefficient (Wildman–Crippen LogP) is -0.990. The first kappa shape index (κ1) is 17.8. The Balaban J connectivity index is 1.60. The maximum absolute atomic E-state index is 12.6. The van der Waals surface area contributed by atoms with E-state index in [0.29, 0.717) is 10.8 Å². The Morgan fingerprint density at radius 3 is 2.75 bits per heavy atom. The third-order valence-corrected chi connectivity index (χ3v) is 7.97. The Hall–Kier alpha value is -1.00. The minimum absolute atomic E-state index is 0.0550. The normalized spacial score (nSPS) is 24.8. The van der Waals surface area contributed by atoms with Crippen LogP contribution in [0.2, 0.25) is 0 Å². The van der Waals surface area contributed by atoms with Gasteiger partial charge in [0.2, 0.25) is 5.91 Å². The van der Waals surface area contributed by atoms with Gasteiger partial charge in [0.15, 0.2) is 0 Å². The molecule has 1 aromatic heterocycles. The molecule has 0 bridgehead atoms. The van der Waals surface area contributed by atoms with E-state index in [2.05, 4.69) is 12.5 Å². The molecule has 0 aliphatic carbocycles. The van der Waals surface area contributed by atoms with Crippen LogP contribution in [-0.4, -0.2) is 70.0 Å². The van der Waals surface area contributed by atoms with Gasteiger partial charge < -0.3 is 4.90 Å². The van der Waals surface area contributed by atoms with Crippen molar-refractivity contribution in [2.75, 3.05) is 46.3 Å². The quantitative estimate of drug-likeness (QED) is 0.711. The predicted molar refractivity (Wildman–Crippen MR) is 92.1 cm³/mol. The van der Waals surface area contributed by atoms with E-state index >= 15 is 0 Å². The summed E-state index contributed by atoms with van der Waals surface area (Å²) in [4.78, 5) is 14.0. The van der Waals surface area contributed by atoms with E-state index in [1.54, 1.807) is 17.5 Å². The van der Waals surface area contributed by atoms with Crippen molar-refractivity contribution in [1.29, 1.82) is 0 Å². The summed E-state index contributed by atoms with van der Waals surface area (Å²) in [5.41, 5.74) is 2.98. The summed E-state index contributed by atoms with van der Waals surface area (Å²) in [6.07, 6.45) is 1.46. The Labute approximate surface area is 147 Å². The molecule has 134 valence electrons. The standard InChI is InChI=1S/C15H24N4O3S2/c1-17-7-9-18(10-8-17)16-15(20)13-4-2-6-19(12-13)24(21,22)14-5-3-11-23-14/h3,5,11,13H,2,4,6-10,12H2,1H3,(H,16,20)/p+1/t13-/m1/s1. The maximum atomic E-state index is 12.6. The van der Waals surface area contributed by atoms with Gasteiger partial charge in [-0.25, -0.2) is 13.4 Å². The van der Waals surface area contributed by atoms with Gasteiger partial charge in [-0.05, 0) is 24.3 Å². The maximum Gasteiger partial charge on any atom is 0.252 e. The largest absolute Gasteiger partial charge is 0.335 e. The van der Waals surface area contributed by atoms with Gasteiger partial charge in [-0.15, -0.1) is 11.3 Å². The molecule has 1 aromatic rings. The number of carbonyl (C=O) groups excluding carboxylic acids is 1. The Morgan fingerprint density at radius 2 is 2.08 bits per heavy atom. The molecule has 24 heavy (non-hydrogen) atoms. The van der Waals surface area contributed by atoms with Crippen LogP contribution in [0.1, 0.15) is 12.8 Å². The fraction of sp³-hybridized carbons (Fsp3) is 0.667. The average molecular weight is 374 g/mol. The molecule has 2 fully saturated rings. The zero-order valence-electron chi connectivity index (χ0n) is 13.9. The van der Waals surface area contributed by atoms with Crippen LogP contribution in [0.4, 0.5) is 0 Å². The van der Waals surface area contributed by atoms with Crippen molar-refractivity contribution in [3.8, 4) is 0 Å². The molecule has 2 aliphatic rings. The number of amides is 1. The van der Waals surface area contributed by atoms with Gasteiger partial charge in [0.1, 0.15) is 4.21 Å². The third-order valence-electron chi connectivity index (χ3n) is 4.73. The number of hydrogen-bond acceptors (Lipinski definition) is 5. The summed E-state index contributed by atoms with van der Waals surface area (Å²) >= 11 is 1.22. The van der Waals surface area contributed by atoms with Gasteiger partial charge in [0, 0.05) is 13.1 Å². The van der Waals surface area contributed by atoms with Crippen LogP contribution >= 0.6 is 11.3 Å². The summed E-state index contributed by atoms with van der Waals surface area (Å²) in [7, 11) is -1.32. The first-order chi connectivity index (χ1) is 11.5. The highest BCUT2D eigenvalue weighted by molar-refractivity contribution is 7.91. The second kappa shape index (κ2) is 7.49. The number of rotatable bonds is 4. The number of nitrogens with zero attached hydrogens (tertiary/aromatic N) is 2. The van der Waals surface area contributed by atoms with E-state index < -0.39 is 10.0 Å². The van der Waals surface area contributed by atoms with Gasteiger partial charge in [0.25, 0.3) is 10.0 Å². The molecular formula is C15H25N4O3S2+. The lowest BCUT2D eigenvalue weighted by Crippen LogP contribution is -3.12. The van der Waals surface area contributed by atoms with Crippen molar-refractivity contribution in [3.63, 3.8) is 0 Å². The number of piperidine rings is 1. The smallest absolute Gasteiger partial charge is 0.252 e. The molecule has 2 N–H and O–H groups in total. The summed E-state index contributed by atoms with van der Waals surface area (Å²) in [5, 5.41) is 3.72. The molecule has 1 atom stereocenters. The van der Waals surface area contributed by atoms with Gasteiger partial charge >= 0.3 is 0 Å². The first-order valence-electron chi connectivity index (χ1n) is 8.37. The van der Waals surface area contributed by atoms with E-state index in [0.717, 1.165) is 39.0 Å². The first-order valence-corrected chi connectivity index (χ1v) is 10.7. The van der Waals surface area contributed by atoms with Gasteiger partial charge in [-0.1, -0.05) is 6.07 Å². The molecule has 2 aliphatic heterocycles. The summed E-state index contributed by atoms with van der Waals surface area (Å²) < 4.78 is 27.1. The third kappa shape index (κ3) is 3.97. The van der Waals surface area contributed by atoms with Crippen LogP contribution in [-0.2, 0) is 14.8 Å². The van der Waals surface area contributed by atoms with Crippen LogP contribution in [0.25, 0.3) is 0 Å². The molecule has 1 amide bonds. The molecule has 3 rings (SSSR count). The average Bonchev–Trinajstić information content (AvgIpc) is 3.12. The number of piperazine rings is 1. The minimum Gasteiger partial charge on any atom is -0.335 e. The molecular weight excluding hydrogens is 348 g/mol. The van der Waals surface area contributed by atoms with Crippen LogP contribution in [0.5, 0.6) is 0 Å². The topological polar surface area (TPSA) is 74.2 Å². The van der Waals surface area contributed by atoms with Crippen molar-refractivity contribution in [3.05, 3.63) is 17.5 Å². The highest BCUT2D eigenvalue weighted by Crippen LogP contribution is 2.26. The SMILES string of the molecule is C[NH+]1CCN(NC(=O)[C@@H]2CCCN(S(=O)(=O)c3cccs3)C2)CC1. The van der Waals surface area contributed by atoms with Crippen LogP contribution in [0, 0.1) is 5.92 Å². The van der Waals surface area contributed by atoms with Gasteiger partial charge in [-0.2, -0.15) is 4.31 Å². The van der Waals surface area contributed by atoms with Crippen LogP contribution in [0.3, 0.4) is 0 Å². The van der Waals surface area contributed by atoms with Crippen molar-refractivity contribution >= 4 is 27.3 Å². The van der Waals surface area contributed by atoms with Crippen molar-refractivity contribution in [1.82, 2.24) is 14.7 Å². The minimum atomic E-state index is -3.47. The lowest BCUT2D eigenvalue weighted by Gasteiger charge is -2.34. The number of hydrazine groups is 1.